The van der Waals surface area contributed by atoms with Gasteiger partial charge >= 0.3 is 0 Å². The van der Waals surface area contributed by atoms with Gasteiger partial charge in [-0.05, 0) is 37.7 Å². The van der Waals surface area contributed by atoms with Gasteiger partial charge in [0.1, 0.15) is 11.6 Å². The monoisotopic (exact) mass is 251 g/mol. The molecule has 2 heterocycles. The normalized spacial score (nSPS) is 12.8. The van der Waals surface area contributed by atoms with Crippen LogP contribution in [-0.2, 0) is 12.8 Å². The molecule has 0 bridgehead atoms. The molecular formula is C12H17N3OS. The van der Waals surface area contributed by atoms with Crippen molar-refractivity contribution < 1.29 is 4.42 Å². The molecule has 0 saturated heterocycles. The van der Waals surface area contributed by atoms with Crippen LogP contribution >= 0.6 is 12.2 Å². The van der Waals surface area contributed by atoms with Crippen LogP contribution in [0.3, 0.4) is 0 Å². The zero-order chi connectivity index (χ0) is 12.3. The van der Waals surface area contributed by atoms with Crippen molar-refractivity contribution in [1.29, 1.82) is 0 Å². The van der Waals surface area contributed by atoms with Gasteiger partial charge in [-0.15, -0.1) is 0 Å². The molecule has 0 radical (unpaired) electrons. The van der Waals surface area contributed by atoms with Gasteiger partial charge in [0, 0.05) is 18.9 Å². The van der Waals surface area contributed by atoms with Crippen LogP contribution in [0.5, 0.6) is 0 Å². The zero-order valence-electron chi connectivity index (χ0n) is 10.1. The Labute approximate surface area is 106 Å². The number of aromatic amines is 1. The summed E-state index contributed by atoms with van der Waals surface area (Å²) >= 11 is 5.25. The predicted molar refractivity (Wildman–Crippen MR) is 68.5 cm³/mol. The zero-order valence-corrected chi connectivity index (χ0v) is 11.0. The Morgan fingerprint density at radius 1 is 1.59 bits per heavy atom. The number of hydrogen-bond acceptors (Lipinski definition) is 3. The molecule has 0 aliphatic rings. The molecule has 0 aliphatic carbocycles. The molecule has 4 nitrogen and oxygen atoms in total. The first-order valence-electron chi connectivity index (χ1n) is 5.90. The fourth-order valence-corrected chi connectivity index (χ4v) is 2.31. The summed E-state index contributed by atoms with van der Waals surface area (Å²) in [7, 11) is 0. The van der Waals surface area contributed by atoms with E-state index in [1.807, 2.05) is 12.1 Å². The van der Waals surface area contributed by atoms with Gasteiger partial charge in [-0.25, -0.2) is 0 Å². The lowest BCUT2D eigenvalue weighted by atomic mass is 10.1. The fourth-order valence-electron chi connectivity index (χ4n) is 1.98. The topological polar surface area (TPSA) is 46.8 Å². The Balaban J connectivity index is 2.06. The van der Waals surface area contributed by atoms with Crippen LogP contribution in [0.25, 0.3) is 0 Å². The maximum absolute atomic E-state index is 5.33. The summed E-state index contributed by atoms with van der Waals surface area (Å²) in [5.41, 5.74) is 0. The van der Waals surface area contributed by atoms with Crippen LogP contribution in [0.4, 0.5) is 0 Å². The third-order valence-corrected chi connectivity index (χ3v) is 3.21. The van der Waals surface area contributed by atoms with Gasteiger partial charge in [-0.1, -0.05) is 6.92 Å². The molecular weight excluding hydrogens is 234 g/mol. The summed E-state index contributed by atoms with van der Waals surface area (Å²) in [5.74, 6) is 2.03. The molecule has 0 saturated carbocycles. The van der Waals surface area contributed by atoms with Crippen molar-refractivity contribution in [2.75, 3.05) is 0 Å². The number of aromatic nitrogens is 3. The minimum atomic E-state index is 0.335. The smallest absolute Gasteiger partial charge is 0.195 e. The molecule has 0 aliphatic heterocycles. The second-order valence-corrected chi connectivity index (χ2v) is 4.52. The van der Waals surface area contributed by atoms with E-state index in [0.717, 1.165) is 30.8 Å². The summed E-state index contributed by atoms with van der Waals surface area (Å²) < 4.78 is 8.13. The van der Waals surface area contributed by atoms with Crippen LogP contribution in [-0.4, -0.2) is 14.8 Å². The van der Waals surface area contributed by atoms with Crippen LogP contribution < -0.4 is 0 Å². The minimum Gasteiger partial charge on any atom is -0.469 e. The van der Waals surface area contributed by atoms with E-state index in [2.05, 4.69) is 28.6 Å². The van der Waals surface area contributed by atoms with Crippen molar-refractivity contribution in [3.05, 3.63) is 34.8 Å². The minimum absolute atomic E-state index is 0.335. The highest BCUT2D eigenvalue weighted by molar-refractivity contribution is 7.71. The van der Waals surface area contributed by atoms with Gasteiger partial charge in [0.05, 0.1) is 6.26 Å². The molecule has 0 amide bonds. The molecule has 92 valence electrons. The molecule has 2 aromatic heterocycles. The van der Waals surface area contributed by atoms with Gasteiger partial charge in [0.15, 0.2) is 4.77 Å². The average molecular weight is 251 g/mol. The van der Waals surface area contributed by atoms with Crippen molar-refractivity contribution in [1.82, 2.24) is 14.8 Å². The number of hydrogen-bond donors (Lipinski definition) is 1. The van der Waals surface area contributed by atoms with E-state index in [4.69, 9.17) is 16.6 Å². The quantitative estimate of drug-likeness (QED) is 0.829. The Hall–Kier alpha value is -1.36. The van der Waals surface area contributed by atoms with E-state index >= 15 is 0 Å². The van der Waals surface area contributed by atoms with E-state index in [1.165, 1.54) is 0 Å². The third kappa shape index (κ3) is 2.66. The van der Waals surface area contributed by atoms with Gasteiger partial charge in [0.25, 0.3) is 0 Å². The van der Waals surface area contributed by atoms with Gasteiger partial charge in [0.2, 0.25) is 0 Å². The van der Waals surface area contributed by atoms with E-state index in [-0.39, 0.29) is 0 Å². The maximum Gasteiger partial charge on any atom is 0.195 e. The molecule has 0 spiro atoms. The van der Waals surface area contributed by atoms with Gasteiger partial charge in [-0.3, -0.25) is 5.10 Å². The van der Waals surface area contributed by atoms with E-state index in [0.29, 0.717) is 10.8 Å². The molecule has 1 N–H and O–H groups in total. The van der Waals surface area contributed by atoms with Gasteiger partial charge < -0.3 is 8.98 Å². The molecule has 2 aromatic rings. The maximum atomic E-state index is 5.33. The molecule has 0 aromatic carbocycles. The van der Waals surface area contributed by atoms with E-state index < -0.39 is 0 Å². The van der Waals surface area contributed by atoms with Crippen molar-refractivity contribution in [2.24, 2.45) is 0 Å². The van der Waals surface area contributed by atoms with Crippen LogP contribution in [0, 0.1) is 4.77 Å². The molecule has 17 heavy (non-hydrogen) atoms. The van der Waals surface area contributed by atoms with Crippen molar-refractivity contribution in [3.63, 3.8) is 0 Å². The highest BCUT2D eigenvalue weighted by Gasteiger charge is 2.12. The first kappa shape index (κ1) is 12.1. The molecule has 0 fully saturated rings. The van der Waals surface area contributed by atoms with E-state index in [9.17, 15) is 0 Å². The number of aryl methyl sites for hydroxylation is 2. The van der Waals surface area contributed by atoms with Crippen molar-refractivity contribution in [3.8, 4) is 0 Å². The highest BCUT2D eigenvalue weighted by atomic mass is 32.1. The molecule has 2 rings (SSSR count). The SMILES string of the molecule is CCc1n[nH]c(=S)n1C(C)CCc1ccco1. The summed E-state index contributed by atoms with van der Waals surface area (Å²) in [6, 6.07) is 4.25. The standard InChI is InChI=1S/C12H17N3OS/c1-3-11-13-14-12(17)15(11)9(2)6-7-10-5-4-8-16-10/h4-5,8-9H,3,6-7H2,1-2H3,(H,14,17). The van der Waals surface area contributed by atoms with Crippen LogP contribution in [0.1, 0.15) is 37.9 Å². The number of furan rings is 1. The first-order valence-corrected chi connectivity index (χ1v) is 6.31. The summed E-state index contributed by atoms with van der Waals surface area (Å²) in [4.78, 5) is 0. The second-order valence-electron chi connectivity index (χ2n) is 4.14. The van der Waals surface area contributed by atoms with Gasteiger partial charge in [-0.2, -0.15) is 5.10 Å². The Kier molecular flexibility index (Phi) is 3.78. The number of nitrogens with one attached hydrogen (secondary N) is 1. The van der Waals surface area contributed by atoms with Crippen LogP contribution in [0.2, 0.25) is 0 Å². The predicted octanol–water partition coefficient (Wildman–Crippen LogP) is 3.29. The highest BCUT2D eigenvalue weighted by Crippen LogP contribution is 2.17. The van der Waals surface area contributed by atoms with Crippen molar-refractivity contribution >= 4 is 12.2 Å². The molecule has 1 atom stereocenters. The Morgan fingerprint density at radius 2 is 2.41 bits per heavy atom. The fraction of sp³-hybridized carbons (Fsp3) is 0.500. The Morgan fingerprint density at radius 3 is 3.06 bits per heavy atom. The average Bonchev–Trinajstić information content (AvgIpc) is 2.94. The third-order valence-electron chi connectivity index (χ3n) is 2.92. The number of rotatable bonds is 5. The first-order chi connectivity index (χ1) is 8.22. The number of nitrogens with zero attached hydrogens (tertiary/aromatic N) is 2. The summed E-state index contributed by atoms with van der Waals surface area (Å²) in [5, 5.41) is 7.08. The summed E-state index contributed by atoms with van der Waals surface area (Å²) in [6.45, 7) is 4.24. The second kappa shape index (κ2) is 5.31. The summed E-state index contributed by atoms with van der Waals surface area (Å²) in [6.07, 6.45) is 4.51. The van der Waals surface area contributed by atoms with E-state index in [1.54, 1.807) is 6.26 Å². The molecule has 5 heteroatoms. The lowest BCUT2D eigenvalue weighted by Gasteiger charge is -2.14. The Bertz CT molecular complexity index is 512. The van der Waals surface area contributed by atoms with Crippen molar-refractivity contribution in [2.45, 2.75) is 39.2 Å². The van der Waals surface area contributed by atoms with Crippen LogP contribution in [0.15, 0.2) is 22.8 Å². The lowest BCUT2D eigenvalue weighted by Crippen LogP contribution is -2.10. The number of H-pyrrole nitrogens is 1. The molecule has 1 unspecified atom stereocenters. The largest absolute Gasteiger partial charge is 0.469 e. The lowest BCUT2D eigenvalue weighted by molar-refractivity contribution is 0.442.